The number of carbonyl (C=O) groups excluding carboxylic acids is 2. The van der Waals surface area contributed by atoms with Gasteiger partial charge in [-0.05, 0) is 19.3 Å². The Labute approximate surface area is 148 Å². The molecule has 0 aromatic heterocycles. The molecule has 0 amide bonds. The van der Waals surface area contributed by atoms with Crippen molar-refractivity contribution in [1.82, 2.24) is 0 Å². The number of isocyanates is 2. The van der Waals surface area contributed by atoms with Gasteiger partial charge in [0.15, 0.2) is 0 Å². The van der Waals surface area contributed by atoms with E-state index in [0.717, 1.165) is 25.7 Å². The van der Waals surface area contributed by atoms with Crippen molar-refractivity contribution < 1.29 is 9.59 Å². The second-order valence-electron chi connectivity index (χ2n) is 6.67. The molecule has 0 saturated heterocycles. The van der Waals surface area contributed by atoms with Crippen molar-refractivity contribution in [3.8, 4) is 0 Å². The van der Waals surface area contributed by atoms with E-state index in [2.05, 4.69) is 16.9 Å². The van der Waals surface area contributed by atoms with E-state index in [-0.39, 0.29) is 6.04 Å². The third kappa shape index (κ3) is 17.1. The zero-order valence-electron chi connectivity index (χ0n) is 15.6. The first-order chi connectivity index (χ1) is 11.8. The maximum absolute atomic E-state index is 10.5. The third-order valence-corrected chi connectivity index (χ3v) is 4.50. The maximum Gasteiger partial charge on any atom is 0.235 e. The Morgan fingerprint density at radius 3 is 1.67 bits per heavy atom. The van der Waals surface area contributed by atoms with Crippen molar-refractivity contribution in [2.45, 2.75) is 109 Å². The number of unbranched alkanes of at least 4 members (excludes halogenated alkanes) is 11. The molecule has 138 valence electrons. The van der Waals surface area contributed by atoms with E-state index in [4.69, 9.17) is 0 Å². The molecule has 1 unspecified atom stereocenters. The van der Waals surface area contributed by atoms with Gasteiger partial charge in [-0.15, -0.1) is 0 Å². The van der Waals surface area contributed by atoms with Crippen LogP contribution in [0.3, 0.4) is 0 Å². The van der Waals surface area contributed by atoms with Crippen molar-refractivity contribution in [2.24, 2.45) is 9.98 Å². The van der Waals surface area contributed by atoms with E-state index >= 15 is 0 Å². The third-order valence-electron chi connectivity index (χ3n) is 4.50. The maximum atomic E-state index is 10.5. The molecule has 1 atom stereocenters. The van der Waals surface area contributed by atoms with E-state index in [1.807, 2.05) is 0 Å². The molecule has 0 saturated carbocycles. The summed E-state index contributed by atoms with van der Waals surface area (Å²) in [4.78, 5) is 28.0. The molecule has 0 fully saturated rings. The summed E-state index contributed by atoms with van der Waals surface area (Å²) in [5.74, 6) is 0. The smallest absolute Gasteiger partial charge is 0.211 e. The fourth-order valence-electron chi connectivity index (χ4n) is 3.01. The van der Waals surface area contributed by atoms with Crippen LogP contribution in [0.2, 0.25) is 0 Å². The molecule has 4 heteroatoms. The summed E-state index contributed by atoms with van der Waals surface area (Å²) in [6.07, 6.45) is 21.3. The summed E-state index contributed by atoms with van der Waals surface area (Å²) in [7, 11) is 0. The zero-order valence-corrected chi connectivity index (χ0v) is 15.6. The van der Waals surface area contributed by atoms with Crippen LogP contribution in [-0.2, 0) is 9.59 Å². The van der Waals surface area contributed by atoms with Crippen molar-refractivity contribution in [3.63, 3.8) is 0 Å². The molecule has 0 heterocycles. The highest BCUT2D eigenvalue weighted by Gasteiger charge is 2.06. The summed E-state index contributed by atoms with van der Waals surface area (Å²) in [5.41, 5.74) is 0. The molecule has 0 aliphatic rings. The van der Waals surface area contributed by atoms with Crippen LogP contribution in [0.25, 0.3) is 0 Å². The Kier molecular flexibility index (Phi) is 18.8. The van der Waals surface area contributed by atoms with Crippen molar-refractivity contribution in [1.29, 1.82) is 0 Å². The molecule has 0 aliphatic heterocycles. The minimum absolute atomic E-state index is 0.197. The van der Waals surface area contributed by atoms with Crippen LogP contribution < -0.4 is 0 Å². The fourth-order valence-corrected chi connectivity index (χ4v) is 3.01. The van der Waals surface area contributed by atoms with Gasteiger partial charge in [0.25, 0.3) is 0 Å². The monoisotopic (exact) mass is 336 g/mol. The number of hydrogen-bond acceptors (Lipinski definition) is 4. The van der Waals surface area contributed by atoms with Gasteiger partial charge in [0.2, 0.25) is 12.2 Å². The highest BCUT2D eigenvalue weighted by Crippen LogP contribution is 2.16. The molecular weight excluding hydrogens is 300 g/mol. The summed E-state index contributed by atoms with van der Waals surface area (Å²) in [5, 5.41) is 0. The summed E-state index contributed by atoms with van der Waals surface area (Å²) in [6.45, 7) is 2.85. The van der Waals surface area contributed by atoms with Crippen molar-refractivity contribution >= 4 is 12.2 Å². The minimum atomic E-state index is 0.197. The van der Waals surface area contributed by atoms with Gasteiger partial charge in [0.1, 0.15) is 0 Å². The molecule has 0 aliphatic carbocycles. The second-order valence-corrected chi connectivity index (χ2v) is 6.67. The lowest BCUT2D eigenvalue weighted by molar-refractivity contribution is 0.479. The van der Waals surface area contributed by atoms with Crippen LogP contribution >= 0.6 is 0 Å². The molecular formula is C20H36N2O2. The molecule has 0 bridgehead atoms. The van der Waals surface area contributed by atoms with E-state index < -0.39 is 0 Å². The molecule has 4 nitrogen and oxygen atoms in total. The van der Waals surface area contributed by atoms with E-state index in [1.165, 1.54) is 70.6 Å². The van der Waals surface area contributed by atoms with E-state index in [9.17, 15) is 9.59 Å². The summed E-state index contributed by atoms with van der Waals surface area (Å²) in [6, 6.07) is 0.197. The van der Waals surface area contributed by atoms with Gasteiger partial charge in [0.05, 0.1) is 12.6 Å². The molecule has 0 aromatic rings. The van der Waals surface area contributed by atoms with Gasteiger partial charge in [0, 0.05) is 0 Å². The first-order valence-electron chi connectivity index (χ1n) is 9.95. The van der Waals surface area contributed by atoms with Gasteiger partial charge in [-0.3, -0.25) is 0 Å². The molecule has 0 aromatic carbocycles. The number of aliphatic imine (C=N–C) groups is 2. The van der Waals surface area contributed by atoms with E-state index in [1.54, 1.807) is 12.2 Å². The first kappa shape index (κ1) is 22.8. The number of hydrogen-bond donors (Lipinski definition) is 0. The van der Waals surface area contributed by atoms with Crippen LogP contribution in [0.15, 0.2) is 9.98 Å². The first-order valence-corrected chi connectivity index (χ1v) is 9.95. The van der Waals surface area contributed by atoms with Crippen LogP contribution in [-0.4, -0.2) is 24.7 Å². The molecule has 0 radical (unpaired) electrons. The predicted octanol–water partition coefficient (Wildman–Crippen LogP) is 5.90. The summed E-state index contributed by atoms with van der Waals surface area (Å²) >= 11 is 0. The van der Waals surface area contributed by atoms with Crippen LogP contribution in [0.4, 0.5) is 0 Å². The van der Waals surface area contributed by atoms with Crippen molar-refractivity contribution in [2.75, 3.05) is 6.54 Å². The van der Waals surface area contributed by atoms with Gasteiger partial charge in [-0.25, -0.2) is 19.6 Å². The summed E-state index contributed by atoms with van der Waals surface area (Å²) < 4.78 is 0. The van der Waals surface area contributed by atoms with E-state index in [0.29, 0.717) is 6.54 Å². The SMILES string of the molecule is CCCCCCCC(CCCCCCCCCCN=C=O)N=C=O. The quantitative estimate of drug-likeness (QED) is 0.178. The fraction of sp³-hybridized carbons (Fsp3) is 0.900. The second kappa shape index (κ2) is 19.8. The standard InChI is InChI=1S/C20H36N2O2/c1-2-3-4-9-12-15-20(22-19-24)16-13-10-7-5-6-8-11-14-17-21-18-23/h20H,2-17H2,1H3. The Hall–Kier alpha value is -1.24. The average molecular weight is 337 g/mol. The molecule has 0 rings (SSSR count). The molecule has 24 heavy (non-hydrogen) atoms. The lowest BCUT2D eigenvalue weighted by atomic mass is 10.0. The predicted molar refractivity (Wildman–Crippen MR) is 99.8 cm³/mol. The van der Waals surface area contributed by atoms with Gasteiger partial charge >= 0.3 is 0 Å². The largest absolute Gasteiger partial charge is 0.235 e. The lowest BCUT2D eigenvalue weighted by Crippen LogP contribution is -2.04. The Balaban J connectivity index is 3.46. The highest BCUT2D eigenvalue weighted by atomic mass is 16.1. The van der Waals surface area contributed by atoms with Crippen LogP contribution in [0, 0.1) is 0 Å². The lowest BCUT2D eigenvalue weighted by Gasteiger charge is -2.10. The van der Waals surface area contributed by atoms with Gasteiger partial charge < -0.3 is 0 Å². The van der Waals surface area contributed by atoms with Gasteiger partial charge in [-0.2, -0.15) is 0 Å². The average Bonchev–Trinajstić information content (AvgIpc) is 2.59. The normalized spacial score (nSPS) is 11.5. The van der Waals surface area contributed by atoms with Crippen LogP contribution in [0.5, 0.6) is 0 Å². The van der Waals surface area contributed by atoms with Crippen LogP contribution in [0.1, 0.15) is 103 Å². The molecule has 0 spiro atoms. The topological polar surface area (TPSA) is 58.9 Å². The van der Waals surface area contributed by atoms with Gasteiger partial charge in [-0.1, -0.05) is 84.0 Å². The number of rotatable bonds is 18. The Morgan fingerprint density at radius 2 is 1.17 bits per heavy atom. The van der Waals surface area contributed by atoms with Crippen molar-refractivity contribution in [3.05, 3.63) is 0 Å². The molecule has 0 N–H and O–H groups in total. The Bertz CT molecular complexity index is 359. The Morgan fingerprint density at radius 1 is 0.667 bits per heavy atom. The minimum Gasteiger partial charge on any atom is -0.211 e. The zero-order chi connectivity index (χ0) is 17.7. The number of nitrogens with zero attached hydrogens (tertiary/aromatic N) is 2. The highest BCUT2D eigenvalue weighted by molar-refractivity contribution is 5.33.